The molecule has 0 aliphatic carbocycles. The molecule has 142 valence electrons. The van der Waals surface area contributed by atoms with Gasteiger partial charge in [-0.15, -0.1) is 0 Å². The maximum atomic E-state index is 12.8. The maximum absolute atomic E-state index is 12.8. The molecule has 2 aromatic carbocycles. The van der Waals surface area contributed by atoms with Gasteiger partial charge in [0, 0.05) is 29.9 Å². The standard InChI is InChI=1S/C21H24N2O4/c1-13-12-23(8-9-26-13)14(2)21(24)22-17-11-19-16(10-20(17)25-3)15-6-4-5-7-18(15)27-19/h4-7,10-11,13-14H,8-9,12H2,1-3H3,(H,22,24)/t13-,14+/m0/s1. The van der Waals surface area contributed by atoms with Gasteiger partial charge in [0.15, 0.2) is 0 Å². The summed E-state index contributed by atoms with van der Waals surface area (Å²) in [7, 11) is 1.60. The van der Waals surface area contributed by atoms with Crippen LogP contribution in [-0.2, 0) is 9.53 Å². The highest BCUT2D eigenvalue weighted by Gasteiger charge is 2.26. The van der Waals surface area contributed by atoms with E-state index in [4.69, 9.17) is 13.9 Å². The highest BCUT2D eigenvalue weighted by atomic mass is 16.5. The van der Waals surface area contributed by atoms with Gasteiger partial charge in [-0.2, -0.15) is 0 Å². The summed E-state index contributed by atoms with van der Waals surface area (Å²) in [6.07, 6.45) is 0.135. The van der Waals surface area contributed by atoms with Crippen LogP contribution in [0.15, 0.2) is 40.8 Å². The summed E-state index contributed by atoms with van der Waals surface area (Å²) >= 11 is 0. The summed E-state index contributed by atoms with van der Waals surface area (Å²) in [6, 6.07) is 11.4. The third kappa shape index (κ3) is 3.38. The van der Waals surface area contributed by atoms with Crippen LogP contribution in [0.3, 0.4) is 0 Å². The van der Waals surface area contributed by atoms with Crippen LogP contribution in [0.25, 0.3) is 21.9 Å². The minimum Gasteiger partial charge on any atom is -0.495 e. The van der Waals surface area contributed by atoms with E-state index in [-0.39, 0.29) is 18.1 Å². The van der Waals surface area contributed by atoms with Crippen LogP contribution < -0.4 is 10.1 Å². The molecule has 6 nitrogen and oxygen atoms in total. The number of morpholine rings is 1. The number of para-hydroxylation sites is 1. The zero-order valence-electron chi connectivity index (χ0n) is 15.8. The Labute approximate surface area is 158 Å². The third-order valence-corrected chi connectivity index (χ3v) is 5.16. The zero-order valence-corrected chi connectivity index (χ0v) is 15.8. The van der Waals surface area contributed by atoms with Crippen LogP contribution in [-0.4, -0.2) is 49.8 Å². The summed E-state index contributed by atoms with van der Waals surface area (Å²) in [4.78, 5) is 14.9. The summed E-state index contributed by atoms with van der Waals surface area (Å²) in [5.41, 5.74) is 2.15. The van der Waals surface area contributed by atoms with Crippen LogP contribution in [0.5, 0.6) is 5.75 Å². The molecule has 1 N–H and O–H groups in total. The van der Waals surface area contributed by atoms with Gasteiger partial charge in [0.2, 0.25) is 5.91 Å². The lowest BCUT2D eigenvalue weighted by Gasteiger charge is -2.34. The summed E-state index contributed by atoms with van der Waals surface area (Å²) in [5.74, 6) is 0.544. The maximum Gasteiger partial charge on any atom is 0.241 e. The fourth-order valence-corrected chi connectivity index (χ4v) is 3.62. The lowest BCUT2D eigenvalue weighted by Crippen LogP contribution is -2.50. The first-order valence-corrected chi connectivity index (χ1v) is 9.22. The number of rotatable bonds is 4. The highest BCUT2D eigenvalue weighted by Crippen LogP contribution is 2.36. The first kappa shape index (κ1) is 17.8. The molecule has 0 spiro atoms. The Bertz CT molecular complexity index is 981. The molecule has 1 fully saturated rings. The van der Waals surface area contributed by atoms with Gasteiger partial charge in [0.25, 0.3) is 0 Å². The number of hydrogen-bond donors (Lipinski definition) is 1. The predicted molar refractivity (Wildman–Crippen MR) is 105 cm³/mol. The lowest BCUT2D eigenvalue weighted by molar-refractivity contribution is -0.123. The highest BCUT2D eigenvalue weighted by molar-refractivity contribution is 6.08. The van der Waals surface area contributed by atoms with Gasteiger partial charge in [0.1, 0.15) is 16.9 Å². The van der Waals surface area contributed by atoms with Crippen LogP contribution in [0, 0.1) is 0 Å². The Hall–Kier alpha value is -2.57. The van der Waals surface area contributed by atoms with Crippen molar-refractivity contribution < 1.29 is 18.7 Å². The van der Waals surface area contributed by atoms with Gasteiger partial charge in [-0.25, -0.2) is 0 Å². The van der Waals surface area contributed by atoms with Crippen molar-refractivity contribution >= 4 is 33.5 Å². The number of nitrogens with zero attached hydrogens (tertiary/aromatic N) is 1. The molecule has 0 saturated carbocycles. The number of nitrogens with one attached hydrogen (secondary N) is 1. The number of amides is 1. The molecule has 27 heavy (non-hydrogen) atoms. The molecule has 3 aromatic rings. The van der Waals surface area contributed by atoms with Crippen molar-refractivity contribution in [1.29, 1.82) is 0 Å². The third-order valence-electron chi connectivity index (χ3n) is 5.16. The molecule has 0 radical (unpaired) electrons. The Morgan fingerprint density at radius 1 is 1.26 bits per heavy atom. The van der Waals surface area contributed by atoms with Crippen molar-refractivity contribution in [3.8, 4) is 5.75 Å². The van der Waals surface area contributed by atoms with E-state index in [1.807, 2.05) is 50.2 Å². The zero-order chi connectivity index (χ0) is 19.0. The molecule has 1 aliphatic rings. The molecular weight excluding hydrogens is 344 g/mol. The molecule has 1 aliphatic heterocycles. The first-order valence-electron chi connectivity index (χ1n) is 9.22. The number of carbonyl (C=O) groups is 1. The summed E-state index contributed by atoms with van der Waals surface area (Å²) in [5, 5.41) is 5.00. The number of carbonyl (C=O) groups excluding carboxylic acids is 1. The van der Waals surface area contributed by atoms with Crippen molar-refractivity contribution in [2.75, 3.05) is 32.1 Å². The van der Waals surface area contributed by atoms with Crippen molar-refractivity contribution in [2.24, 2.45) is 0 Å². The number of benzene rings is 2. The quantitative estimate of drug-likeness (QED) is 0.762. The number of fused-ring (bicyclic) bond motifs is 3. The molecule has 2 atom stereocenters. The van der Waals surface area contributed by atoms with E-state index in [1.54, 1.807) is 7.11 Å². The number of methoxy groups -OCH3 is 1. The van der Waals surface area contributed by atoms with Gasteiger partial charge < -0.3 is 19.2 Å². The molecule has 0 bridgehead atoms. The van der Waals surface area contributed by atoms with E-state index in [1.165, 1.54) is 0 Å². The number of anilines is 1. The van der Waals surface area contributed by atoms with E-state index in [0.717, 1.165) is 35.0 Å². The van der Waals surface area contributed by atoms with Crippen LogP contribution in [0.2, 0.25) is 0 Å². The van der Waals surface area contributed by atoms with E-state index >= 15 is 0 Å². The van der Waals surface area contributed by atoms with E-state index in [0.29, 0.717) is 18.0 Å². The monoisotopic (exact) mass is 368 g/mol. The smallest absolute Gasteiger partial charge is 0.241 e. The van der Waals surface area contributed by atoms with Gasteiger partial charge in [0.05, 0.1) is 31.5 Å². The largest absolute Gasteiger partial charge is 0.495 e. The van der Waals surface area contributed by atoms with Gasteiger partial charge in [-0.05, 0) is 26.0 Å². The molecule has 0 unspecified atom stereocenters. The second-order valence-corrected chi connectivity index (χ2v) is 6.99. The summed E-state index contributed by atoms with van der Waals surface area (Å²) < 4.78 is 17.0. The van der Waals surface area contributed by atoms with Crippen LogP contribution in [0.4, 0.5) is 5.69 Å². The molecule has 1 amide bonds. The number of furan rings is 1. The normalized spacial score (nSPS) is 19.3. The van der Waals surface area contributed by atoms with E-state index < -0.39 is 0 Å². The van der Waals surface area contributed by atoms with Crippen LogP contribution in [0.1, 0.15) is 13.8 Å². The molecule has 2 heterocycles. The Kier molecular flexibility index (Phi) is 4.76. The SMILES string of the molecule is COc1cc2c(cc1NC(=O)[C@@H](C)N1CCO[C@@H](C)C1)oc1ccccc12. The van der Waals surface area contributed by atoms with Crippen LogP contribution >= 0.6 is 0 Å². The molecule has 6 heteroatoms. The average Bonchev–Trinajstić information content (AvgIpc) is 3.04. The second kappa shape index (κ2) is 7.21. The number of hydrogen-bond acceptors (Lipinski definition) is 5. The van der Waals surface area contributed by atoms with E-state index in [2.05, 4.69) is 10.2 Å². The van der Waals surface area contributed by atoms with Gasteiger partial charge >= 0.3 is 0 Å². The molecule has 1 saturated heterocycles. The molecule has 4 rings (SSSR count). The first-order chi connectivity index (χ1) is 13.1. The Morgan fingerprint density at radius 2 is 2.07 bits per heavy atom. The van der Waals surface area contributed by atoms with Crippen molar-refractivity contribution in [1.82, 2.24) is 4.90 Å². The minimum atomic E-state index is -0.257. The Balaban J connectivity index is 1.62. The fraction of sp³-hybridized carbons (Fsp3) is 0.381. The van der Waals surface area contributed by atoms with Gasteiger partial charge in [-0.1, -0.05) is 18.2 Å². The lowest BCUT2D eigenvalue weighted by atomic mass is 10.1. The second-order valence-electron chi connectivity index (χ2n) is 6.99. The molecular formula is C21H24N2O4. The van der Waals surface area contributed by atoms with Gasteiger partial charge in [-0.3, -0.25) is 9.69 Å². The minimum absolute atomic E-state index is 0.0714. The average molecular weight is 368 g/mol. The molecule has 1 aromatic heterocycles. The van der Waals surface area contributed by atoms with Crippen molar-refractivity contribution in [2.45, 2.75) is 26.0 Å². The summed E-state index contributed by atoms with van der Waals surface area (Å²) in [6.45, 7) is 6.08. The topological polar surface area (TPSA) is 63.9 Å². The van der Waals surface area contributed by atoms with Crippen molar-refractivity contribution in [3.63, 3.8) is 0 Å². The number of ether oxygens (including phenoxy) is 2. The van der Waals surface area contributed by atoms with Crippen molar-refractivity contribution in [3.05, 3.63) is 36.4 Å². The fourth-order valence-electron chi connectivity index (χ4n) is 3.62. The van der Waals surface area contributed by atoms with E-state index in [9.17, 15) is 4.79 Å². The Morgan fingerprint density at radius 3 is 2.85 bits per heavy atom. The predicted octanol–water partition coefficient (Wildman–Crippen LogP) is 3.64.